The van der Waals surface area contributed by atoms with Crippen LogP contribution in [0, 0.1) is 29.1 Å². The summed E-state index contributed by atoms with van der Waals surface area (Å²) < 4.78 is 0. The second-order valence-electron chi connectivity index (χ2n) is 5.64. The van der Waals surface area contributed by atoms with E-state index < -0.39 is 0 Å². The molecule has 2 aliphatic carbocycles. The molecule has 70 valence electrons. The second-order valence-corrected chi connectivity index (χ2v) is 5.64. The first-order chi connectivity index (χ1) is 5.55. The molecule has 0 aromatic rings. The predicted molar refractivity (Wildman–Crippen MR) is 52.9 cm³/mol. The molecule has 0 N–H and O–H groups in total. The van der Waals surface area contributed by atoms with Crippen molar-refractivity contribution in [2.24, 2.45) is 29.1 Å². The highest BCUT2D eigenvalue weighted by Crippen LogP contribution is 2.61. The molecular formula is C12H22. The maximum absolute atomic E-state index is 2.53. The van der Waals surface area contributed by atoms with Gasteiger partial charge in [0.15, 0.2) is 0 Å². The van der Waals surface area contributed by atoms with Crippen molar-refractivity contribution in [3.63, 3.8) is 0 Å². The molecule has 0 bridgehead atoms. The van der Waals surface area contributed by atoms with Gasteiger partial charge in [0, 0.05) is 0 Å². The van der Waals surface area contributed by atoms with Gasteiger partial charge in [-0.25, -0.2) is 0 Å². The van der Waals surface area contributed by atoms with Crippen LogP contribution in [0.4, 0.5) is 0 Å². The van der Waals surface area contributed by atoms with Gasteiger partial charge in [-0.15, -0.1) is 0 Å². The summed E-state index contributed by atoms with van der Waals surface area (Å²) in [5, 5.41) is 0. The molecule has 0 radical (unpaired) electrons. The molecule has 5 atom stereocenters. The van der Waals surface area contributed by atoms with Crippen molar-refractivity contribution in [2.45, 2.75) is 47.0 Å². The van der Waals surface area contributed by atoms with Crippen LogP contribution in [0.5, 0.6) is 0 Å². The number of hydrogen-bond acceptors (Lipinski definition) is 0. The van der Waals surface area contributed by atoms with Crippen molar-refractivity contribution in [3.8, 4) is 0 Å². The van der Waals surface area contributed by atoms with Crippen LogP contribution >= 0.6 is 0 Å². The van der Waals surface area contributed by atoms with Gasteiger partial charge in [-0.05, 0) is 41.9 Å². The highest BCUT2D eigenvalue weighted by molar-refractivity contribution is 5.02. The SMILES string of the molecule is CC1CC(C)(C2CCC2C)C1C. The van der Waals surface area contributed by atoms with Crippen LogP contribution in [0.25, 0.3) is 0 Å². The van der Waals surface area contributed by atoms with Crippen LogP contribution in [0.3, 0.4) is 0 Å². The van der Waals surface area contributed by atoms with Crippen molar-refractivity contribution in [1.29, 1.82) is 0 Å². The zero-order valence-electron chi connectivity index (χ0n) is 8.93. The molecular weight excluding hydrogens is 144 g/mol. The smallest absolute Gasteiger partial charge is 0.0264 e. The highest BCUT2D eigenvalue weighted by Gasteiger charge is 2.53. The van der Waals surface area contributed by atoms with Gasteiger partial charge in [0.25, 0.3) is 0 Å². The summed E-state index contributed by atoms with van der Waals surface area (Å²) in [6, 6.07) is 0. The lowest BCUT2D eigenvalue weighted by atomic mass is 9.45. The topological polar surface area (TPSA) is 0 Å². The fraction of sp³-hybridized carbons (Fsp3) is 1.00. The standard InChI is InChI=1S/C12H22/c1-8-5-6-11(8)12(4)7-9(2)10(12)3/h8-11H,5-7H2,1-4H3. The summed E-state index contributed by atoms with van der Waals surface area (Å²) in [7, 11) is 0. The van der Waals surface area contributed by atoms with E-state index in [9.17, 15) is 0 Å². The summed E-state index contributed by atoms with van der Waals surface area (Å²) in [6.45, 7) is 9.84. The summed E-state index contributed by atoms with van der Waals surface area (Å²) in [4.78, 5) is 0. The van der Waals surface area contributed by atoms with Crippen LogP contribution in [0.2, 0.25) is 0 Å². The molecule has 2 saturated carbocycles. The van der Waals surface area contributed by atoms with E-state index in [-0.39, 0.29) is 0 Å². The molecule has 2 fully saturated rings. The van der Waals surface area contributed by atoms with Crippen LogP contribution in [-0.2, 0) is 0 Å². The lowest BCUT2D eigenvalue weighted by Crippen LogP contribution is -2.52. The van der Waals surface area contributed by atoms with E-state index in [1.807, 2.05) is 0 Å². The summed E-state index contributed by atoms with van der Waals surface area (Å²) in [5.41, 5.74) is 0.719. The number of hydrogen-bond donors (Lipinski definition) is 0. The second kappa shape index (κ2) is 2.49. The van der Waals surface area contributed by atoms with Gasteiger partial charge in [0.2, 0.25) is 0 Å². The van der Waals surface area contributed by atoms with Gasteiger partial charge in [0.1, 0.15) is 0 Å². The van der Waals surface area contributed by atoms with E-state index in [1.54, 1.807) is 0 Å². The molecule has 0 heteroatoms. The lowest BCUT2D eigenvalue weighted by molar-refractivity contribution is -0.109. The third-order valence-corrected chi connectivity index (χ3v) is 5.12. The zero-order valence-corrected chi connectivity index (χ0v) is 8.93. The summed E-state index contributed by atoms with van der Waals surface area (Å²) in [5.74, 6) is 4.04. The van der Waals surface area contributed by atoms with Crippen molar-refractivity contribution in [2.75, 3.05) is 0 Å². The van der Waals surface area contributed by atoms with E-state index in [4.69, 9.17) is 0 Å². The third kappa shape index (κ3) is 0.900. The molecule has 2 rings (SSSR count). The Morgan fingerprint density at radius 3 is 1.92 bits per heavy atom. The third-order valence-electron chi connectivity index (χ3n) is 5.12. The molecule has 0 aromatic carbocycles. The Labute approximate surface area is 76.7 Å². The molecule has 2 aliphatic rings. The Hall–Kier alpha value is 0. The lowest BCUT2D eigenvalue weighted by Gasteiger charge is -2.60. The molecule has 0 spiro atoms. The van der Waals surface area contributed by atoms with Crippen molar-refractivity contribution in [3.05, 3.63) is 0 Å². The quantitative estimate of drug-likeness (QED) is 0.557. The van der Waals surface area contributed by atoms with Crippen molar-refractivity contribution >= 4 is 0 Å². The maximum atomic E-state index is 2.53. The molecule has 0 aromatic heterocycles. The predicted octanol–water partition coefficient (Wildman–Crippen LogP) is 3.71. The van der Waals surface area contributed by atoms with E-state index in [0.29, 0.717) is 0 Å². The van der Waals surface area contributed by atoms with Crippen molar-refractivity contribution < 1.29 is 0 Å². The van der Waals surface area contributed by atoms with E-state index >= 15 is 0 Å². The van der Waals surface area contributed by atoms with Gasteiger partial charge in [-0.3, -0.25) is 0 Å². The van der Waals surface area contributed by atoms with Crippen molar-refractivity contribution in [1.82, 2.24) is 0 Å². The Bertz CT molecular complexity index is 184. The fourth-order valence-corrected chi connectivity index (χ4v) is 3.68. The minimum Gasteiger partial charge on any atom is -0.0622 e. The first-order valence-electron chi connectivity index (χ1n) is 5.55. The Morgan fingerprint density at radius 1 is 1.00 bits per heavy atom. The van der Waals surface area contributed by atoms with Gasteiger partial charge in [-0.2, -0.15) is 0 Å². The van der Waals surface area contributed by atoms with Gasteiger partial charge >= 0.3 is 0 Å². The van der Waals surface area contributed by atoms with Crippen LogP contribution < -0.4 is 0 Å². The Morgan fingerprint density at radius 2 is 1.67 bits per heavy atom. The molecule has 0 saturated heterocycles. The normalized spacial score (nSPS) is 59.0. The van der Waals surface area contributed by atoms with E-state index in [0.717, 1.165) is 29.1 Å². The molecule has 0 heterocycles. The minimum absolute atomic E-state index is 0.719. The highest BCUT2D eigenvalue weighted by atomic mass is 14.6. The first kappa shape index (κ1) is 8.59. The average molecular weight is 166 g/mol. The molecule has 12 heavy (non-hydrogen) atoms. The number of rotatable bonds is 1. The Balaban J connectivity index is 2.03. The van der Waals surface area contributed by atoms with Gasteiger partial charge in [-0.1, -0.05) is 34.1 Å². The van der Waals surface area contributed by atoms with E-state index in [2.05, 4.69) is 27.7 Å². The van der Waals surface area contributed by atoms with Crippen LogP contribution in [0.15, 0.2) is 0 Å². The maximum Gasteiger partial charge on any atom is -0.0264 e. The van der Waals surface area contributed by atoms with Crippen LogP contribution in [-0.4, -0.2) is 0 Å². The fourth-order valence-electron chi connectivity index (χ4n) is 3.68. The monoisotopic (exact) mass is 166 g/mol. The Kier molecular flexibility index (Phi) is 1.79. The van der Waals surface area contributed by atoms with Gasteiger partial charge in [0.05, 0.1) is 0 Å². The molecule has 0 amide bonds. The zero-order chi connectivity index (χ0) is 8.93. The van der Waals surface area contributed by atoms with Gasteiger partial charge < -0.3 is 0 Å². The summed E-state index contributed by atoms with van der Waals surface area (Å²) in [6.07, 6.45) is 4.49. The minimum atomic E-state index is 0.719. The molecule has 5 unspecified atom stereocenters. The molecule has 0 aliphatic heterocycles. The largest absolute Gasteiger partial charge is 0.0622 e. The van der Waals surface area contributed by atoms with Crippen LogP contribution in [0.1, 0.15) is 47.0 Å². The first-order valence-corrected chi connectivity index (χ1v) is 5.55. The van der Waals surface area contributed by atoms with E-state index in [1.165, 1.54) is 19.3 Å². The average Bonchev–Trinajstić information content (AvgIpc) is 2.01. The summed E-state index contributed by atoms with van der Waals surface area (Å²) >= 11 is 0. The molecule has 0 nitrogen and oxygen atoms in total.